The molecule has 2 rings (SSSR count). The number of hydrogen-bond donors (Lipinski definition) is 1. The van der Waals surface area contributed by atoms with Gasteiger partial charge in [0, 0.05) is 5.92 Å². The van der Waals surface area contributed by atoms with Crippen LogP contribution in [0.1, 0.15) is 69.1 Å². The first kappa shape index (κ1) is 12.9. The molecule has 0 spiro atoms. The molecule has 1 aromatic heterocycles. The summed E-state index contributed by atoms with van der Waals surface area (Å²) in [4.78, 5) is 0. The van der Waals surface area contributed by atoms with Crippen LogP contribution in [-0.2, 0) is 6.42 Å². The molecule has 0 saturated carbocycles. The standard InChI is InChI=1S/C13H23N3S/c1-9(2)11-7-5-4-6-8-12-13(11)14-15-16(12)10(3)17/h9-11,17H,4-8H2,1-3H3. The molecule has 1 aromatic rings. The molecular formula is C13H23N3S. The van der Waals surface area contributed by atoms with Gasteiger partial charge in [0.15, 0.2) is 0 Å². The Bertz CT molecular complexity index is 371. The van der Waals surface area contributed by atoms with Crippen LogP contribution in [0, 0.1) is 5.92 Å². The fourth-order valence-electron chi connectivity index (χ4n) is 2.78. The molecule has 0 N–H and O–H groups in total. The predicted molar refractivity (Wildman–Crippen MR) is 73.5 cm³/mol. The van der Waals surface area contributed by atoms with Gasteiger partial charge < -0.3 is 0 Å². The molecule has 0 aliphatic heterocycles. The molecule has 4 heteroatoms. The zero-order chi connectivity index (χ0) is 12.4. The Balaban J connectivity index is 2.39. The van der Waals surface area contributed by atoms with E-state index in [1.165, 1.54) is 37.1 Å². The van der Waals surface area contributed by atoms with E-state index >= 15 is 0 Å². The Hall–Kier alpha value is -0.510. The number of nitrogens with zero attached hydrogens (tertiary/aromatic N) is 3. The van der Waals surface area contributed by atoms with Crippen molar-refractivity contribution in [2.45, 2.75) is 64.2 Å². The van der Waals surface area contributed by atoms with E-state index in [1.54, 1.807) is 0 Å². The van der Waals surface area contributed by atoms with E-state index in [9.17, 15) is 0 Å². The number of thiol groups is 1. The van der Waals surface area contributed by atoms with E-state index in [0.717, 1.165) is 6.42 Å². The predicted octanol–water partition coefficient (Wildman–Crippen LogP) is 3.58. The maximum Gasteiger partial charge on any atom is 0.0935 e. The summed E-state index contributed by atoms with van der Waals surface area (Å²) in [7, 11) is 0. The smallest absolute Gasteiger partial charge is 0.0935 e. The molecule has 1 aliphatic carbocycles. The Morgan fingerprint density at radius 1 is 1.24 bits per heavy atom. The third kappa shape index (κ3) is 2.67. The Kier molecular flexibility index (Phi) is 4.13. The van der Waals surface area contributed by atoms with Gasteiger partial charge in [0.05, 0.1) is 16.8 Å². The van der Waals surface area contributed by atoms with E-state index in [2.05, 4.69) is 43.7 Å². The second-order valence-corrected chi connectivity index (χ2v) is 6.19. The van der Waals surface area contributed by atoms with E-state index in [4.69, 9.17) is 0 Å². The van der Waals surface area contributed by atoms with Gasteiger partial charge in [0.25, 0.3) is 0 Å². The largest absolute Gasteiger partial charge is 0.237 e. The molecular weight excluding hydrogens is 230 g/mol. The van der Waals surface area contributed by atoms with Crippen molar-refractivity contribution < 1.29 is 0 Å². The second-order valence-electron chi connectivity index (χ2n) is 5.45. The minimum atomic E-state index is 0.124. The summed E-state index contributed by atoms with van der Waals surface area (Å²) >= 11 is 4.49. The van der Waals surface area contributed by atoms with Crippen LogP contribution in [0.3, 0.4) is 0 Å². The lowest BCUT2D eigenvalue weighted by Gasteiger charge is -2.23. The van der Waals surface area contributed by atoms with Crippen molar-refractivity contribution in [1.29, 1.82) is 0 Å². The number of fused-ring (bicyclic) bond motifs is 1. The van der Waals surface area contributed by atoms with Gasteiger partial charge in [-0.1, -0.05) is 31.9 Å². The second kappa shape index (κ2) is 5.42. The van der Waals surface area contributed by atoms with E-state index < -0.39 is 0 Å². The third-order valence-electron chi connectivity index (χ3n) is 3.76. The van der Waals surface area contributed by atoms with Crippen LogP contribution < -0.4 is 0 Å². The Morgan fingerprint density at radius 3 is 2.65 bits per heavy atom. The molecule has 0 saturated heterocycles. The molecule has 0 amide bonds. The van der Waals surface area contributed by atoms with Crippen molar-refractivity contribution in [3.8, 4) is 0 Å². The van der Waals surface area contributed by atoms with Crippen molar-refractivity contribution in [2.24, 2.45) is 5.92 Å². The topological polar surface area (TPSA) is 30.7 Å². The molecule has 3 nitrogen and oxygen atoms in total. The minimum Gasteiger partial charge on any atom is -0.237 e. The summed E-state index contributed by atoms with van der Waals surface area (Å²) in [5.74, 6) is 1.22. The summed E-state index contributed by atoms with van der Waals surface area (Å²) in [6, 6.07) is 0. The number of aromatic nitrogens is 3. The maximum absolute atomic E-state index is 4.49. The van der Waals surface area contributed by atoms with Crippen molar-refractivity contribution in [2.75, 3.05) is 0 Å². The lowest BCUT2D eigenvalue weighted by Crippen LogP contribution is -2.14. The average Bonchev–Trinajstić information content (AvgIpc) is 2.60. The SMILES string of the molecule is CC(C)C1CCCCCc2c1nnn2C(C)S. The summed E-state index contributed by atoms with van der Waals surface area (Å²) in [5, 5.41) is 8.87. The molecule has 0 bridgehead atoms. The lowest BCUT2D eigenvalue weighted by molar-refractivity contribution is 0.422. The first-order chi connectivity index (χ1) is 8.11. The quantitative estimate of drug-likeness (QED) is 0.817. The van der Waals surface area contributed by atoms with Crippen molar-refractivity contribution >= 4 is 12.6 Å². The van der Waals surface area contributed by atoms with Gasteiger partial charge in [-0.2, -0.15) is 12.6 Å². The van der Waals surface area contributed by atoms with Crippen LogP contribution in [0.25, 0.3) is 0 Å². The van der Waals surface area contributed by atoms with Gasteiger partial charge in [-0.3, -0.25) is 0 Å². The first-order valence-corrected chi connectivity index (χ1v) is 7.25. The third-order valence-corrected chi connectivity index (χ3v) is 3.98. The van der Waals surface area contributed by atoms with Gasteiger partial charge in [-0.25, -0.2) is 4.68 Å². The molecule has 96 valence electrons. The van der Waals surface area contributed by atoms with Crippen LogP contribution in [0.15, 0.2) is 0 Å². The van der Waals surface area contributed by atoms with Gasteiger partial charge in [0.2, 0.25) is 0 Å². The van der Waals surface area contributed by atoms with Crippen LogP contribution >= 0.6 is 12.6 Å². The average molecular weight is 253 g/mol. The molecule has 17 heavy (non-hydrogen) atoms. The summed E-state index contributed by atoms with van der Waals surface area (Å²) in [6.07, 6.45) is 6.27. The normalized spacial score (nSPS) is 23.0. The minimum absolute atomic E-state index is 0.124. The molecule has 0 radical (unpaired) electrons. The highest BCUT2D eigenvalue weighted by Gasteiger charge is 2.26. The highest BCUT2D eigenvalue weighted by molar-refractivity contribution is 7.80. The van der Waals surface area contributed by atoms with Crippen LogP contribution in [-0.4, -0.2) is 15.0 Å². The fourth-order valence-corrected chi connectivity index (χ4v) is 2.96. The van der Waals surface area contributed by atoms with Gasteiger partial charge in [0.1, 0.15) is 0 Å². The molecule has 1 heterocycles. The van der Waals surface area contributed by atoms with Crippen molar-refractivity contribution in [3.05, 3.63) is 11.4 Å². The molecule has 2 unspecified atom stereocenters. The van der Waals surface area contributed by atoms with Gasteiger partial charge in [-0.05, 0) is 32.1 Å². The molecule has 2 atom stereocenters. The highest BCUT2D eigenvalue weighted by Crippen LogP contribution is 2.34. The maximum atomic E-state index is 4.49. The number of hydrogen-bond acceptors (Lipinski definition) is 3. The highest BCUT2D eigenvalue weighted by atomic mass is 32.1. The van der Waals surface area contributed by atoms with Crippen LogP contribution in [0.4, 0.5) is 0 Å². The molecule has 0 fully saturated rings. The monoisotopic (exact) mass is 253 g/mol. The molecule has 0 aromatic carbocycles. The van der Waals surface area contributed by atoms with E-state index in [-0.39, 0.29) is 5.37 Å². The fraction of sp³-hybridized carbons (Fsp3) is 0.846. The zero-order valence-corrected chi connectivity index (χ0v) is 12.0. The Labute approximate surface area is 109 Å². The van der Waals surface area contributed by atoms with Crippen LogP contribution in [0.2, 0.25) is 0 Å². The lowest BCUT2D eigenvalue weighted by atomic mass is 9.84. The Morgan fingerprint density at radius 2 is 2.00 bits per heavy atom. The number of rotatable bonds is 2. The van der Waals surface area contributed by atoms with E-state index in [0.29, 0.717) is 11.8 Å². The van der Waals surface area contributed by atoms with Gasteiger partial charge >= 0.3 is 0 Å². The summed E-state index contributed by atoms with van der Waals surface area (Å²) in [6.45, 7) is 6.64. The van der Waals surface area contributed by atoms with Crippen LogP contribution in [0.5, 0.6) is 0 Å². The summed E-state index contributed by atoms with van der Waals surface area (Å²) < 4.78 is 2.00. The van der Waals surface area contributed by atoms with Crippen molar-refractivity contribution in [1.82, 2.24) is 15.0 Å². The molecule has 1 aliphatic rings. The summed E-state index contributed by atoms with van der Waals surface area (Å²) in [5.41, 5.74) is 2.56. The first-order valence-electron chi connectivity index (χ1n) is 6.73. The van der Waals surface area contributed by atoms with Gasteiger partial charge in [-0.15, -0.1) is 5.10 Å². The van der Waals surface area contributed by atoms with Crippen molar-refractivity contribution in [3.63, 3.8) is 0 Å². The van der Waals surface area contributed by atoms with E-state index in [1.807, 2.05) is 4.68 Å². The zero-order valence-electron chi connectivity index (χ0n) is 11.1.